The van der Waals surface area contributed by atoms with Crippen molar-refractivity contribution >= 4 is 29.7 Å². The number of cyclic esters (lactones) is 1. The number of ether oxygens (including phenoxy) is 2. The summed E-state index contributed by atoms with van der Waals surface area (Å²) in [6.07, 6.45) is -2.63. The van der Waals surface area contributed by atoms with Gasteiger partial charge in [-0.1, -0.05) is 30.8 Å². The second-order valence-electron chi connectivity index (χ2n) is 9.76. The summed E-state index contributed by atoms with van der Waals surface area (Å²) in [4.78, 5) is 50.8. The van der Waals surface area contributed by atoms with Gasteiger partial charge in [-0.15, -0.1) is 0 Å². The van der Waals surface area contributed by atoms with E-state index in [2.05, 4.69) is 17.2 Å². The summed E-state index contributed by atoms with van der Waals surface area (Å²) in [5, 5.41) is 15.3. The van der Waals surface area contributed by atoms with Crippen LogP contribution in [0, 0.1) is 5.82 Å². The molecule has 0 unspecified atom stereocenters. The average Bonchev–Trinajstić information content (AvgIpc) is 3.48. The predicted molar refractivity (Wildman–Crippen MR) is 142 cm³/mol. The third-order valence-corrected chi connectivity index (χ3v) is 6.53. The molecule has 2 aliphatic rings. The highest BCUT2D eigenvalue weighted by molar-refractivity contribution is 5.90. The van der Waals surface area contributed by atoms with Crippen LogP contribution in [0.5, 0.6) is 0 Å². The molecule has 3 atom stereocenters. The van der Waals surface area contributed by atoms with Crippen LogP contribution in [0.2, 0.25) is 0 Å². The molecular formula is C28H31FN4O7. The van der Waals surface area contributed by atoms with Gasteiger partial charge >= 0.3 is 12.2 Å². The minimum absolute atomic E-state index is 0.0140. The number of likely N-dealkylation sites (tertiary alicyclic amines) is 1. The Kier molecular flexibility index (Phi) is 8.68. The molecule has 2 saturated heterocycles. The van der Waals surface area contributed by atoms with Gasteiger partial charge < -0.3 is 25.2 Å². The lowest BCUT2D eigenvalue weighted by Crippen LogP contribution is -2.45. The van der Waals surface area contributed by atoms with Gasteiger partial charge in [0, 0.05) is 25.5 Å². The zero-order valence-corrected chi connectivity index (χ0v) is 22.2. The number of benzene rings is 2. The molecule has 12 heteroatoms. The Morgan fingerprint density at radius 1 is 1.12 bits per heavy atom. The largest absolute Gasteiger partial charge is 0.442 e. The lowest BCUT2D eigenvalue weighted by atomic mass is 10.0. The van der Waals surface area contributed by atoms with E-state index in [1.807, 2.05) is 0 Å². The molecule has 2 aliphatic heterocycles. The lowest BCUT2D eigenvalue weighted by Gasteiger charge is -2.22. The molecular weight excluding hydrogens is 523 g/mol. The number of amides is 4. The highest BCUT2D eigenvalue weighted by Crippen LogP contribution is 2.29. The van der Waals surface area contributed by atoms with Crippen LogP contribution in [-0.2, 0) is 25.6 Å². The van der Waals surface area contributed by atoms with Crippen LogP contribution in [0.15, 0.2) is 54.8 Å². The van der Waals surface area contributed by atoms with Crippen LogP contribution in [0.4, 0.5) is 19.7 Å². The molecule has 40 heavy (non-hydrogen) atoms. The summed E-state index contributed by atoms with van der Waals surface area (Å²) in [7, 11) is 0. The smallest absolute Gasteiger partial charge is 0.415 e. The molecule has 0 saturated carbocycles. The van der Waals surface area contributed by atoms with Gasteiger partial charge in [-0.2, -0.15) is 0 Å². The summed E-state index contributed by atoms with van der Waals surface area (Å²) in [5.41, 5.74) is 2.01. The number of nitrogens with one attached hydrogen (secondary N) is 2. The van der Waals surface area contributed by atoms with Crippen molar-refractivity contribution in [2.45, 2.75) is 45.1 Å². The average molecular weight is 555 g/mol. The normalized spacial score (nSPS) is 20.2. The van der Waals surface area contributed by atoms with Gasteiger partial charge in [-0.3, -0.25) is 19.4 Å². The fourth-order valence-electron chi connectivity index (χ4n) is 4.58. The fraction of sp³-hybridized carbons (Fsp3) is 0.357. The van der Waals surface area contributed by atoms with Crippen molar-refractivity contribution in [2.24, 2.45) is 0 Å². The van der Waals surface area contributed by atoms with E-state index in [9.17, 15) is 24.3 Å². The van der Waals surface area contributed by atoms with Crippen molar-refractivity contribution in [3.05, 3.63) is 66.2 Å². The van der Waals surface area contributed by atoms with E-state index in [1.165, 1.54) is 29.7 Å². The molecule has 0 radical (unpaired) electrons. The van der Waals surface area contributed by atoms with Crippen LogP contribution < -0.4 is 15.5 Å². The third kappa shape index (κ3) is 6.75. The molecule has 2 aromatic rings. The van der Waals surface area contributed by atoms with Crippen LogP contribution in [0.25, 0.3) is 11.1 Å². The topological polar surface area (TPSA) is 138 Å². The molecule has 4 amide bonds. The lowest BCUT2D eigenvalue weighted by molar-refractivity contribution is -0.125. The third-order valence-electron chi connectivity index (χ3n) is 6.53. The van der Waals surface area contributed by atoms with Gasteiger partial charge in [0.1, 0.15) is 18.0 Å². The standard InChI is InChI=1S/C28H31FN4O7/c1-16(2)39-28(38)33-14-21(35)11-25(33)26(36)31-12-18-4-6-19(7-5-18)23-9-8-20(10-24(23)29)32-15-22(40-27(32)37)13-30-17(3)34/h4-10,21-22,25,35H,1,11-15H2,2-3H3,(H,30,34)(H,31,36)/t21-,22+,25+/m1/s1. The van der Waals surface area contributed by atoms with Gasteiger partial charge in [-0.25, -0.2) is 14.0 Å². The number of aliphatic hydroxyl groups is 1. The zero-order chi connectivity index (χ0) is 29.0. The Balaban J connectivity index is 1.36. The fourth-order valence-corrected chi connectivity index (χ4v) is 4.58. The molecule has 11 nitrogen and oxygen atoms in total. The molecule has 0 bridgehead atoms. The summed E-state index contributed by atoms with van der Waals surface area (Å²) in [6.45, 7) is 6.90. The zero-order valence-electron chi connectivity index (χ0n) is 22.2. The number of halogens is 1. The van der Waals surface area contributed by atoms with E-state index in [0.717, 1.165) is 5.56 Å². The van der Waals surface area contributed by atoms with Crippen LogP contribution in [0.1, 0.15) is 25.8 Å². The van der Waals surface area contributed by atoms with E-state index in [0.29, 0.717) is 16.8 Å². The number of nitrogens with zero attached hydrogens (tertiary/aromatic N) is 2. The Hall–Kier alpha value is -4.45. The maximum absolute atomic E-state index is 15.0. The van der Waals surface area contributed by atoms with Gasteiger partial charge in [-0.05, 0) is 36.2 Å². The molecule has 2 aromatic carbocycles. The highest BCUT2D eigenvalue weighted by Gasteiger charge is 2.40. The predicted octanol–water partition coefficient (Wildman–Crippen LogP) is 2.68. The summed E-state index contributed by atoms with van der Waals surface area (Å²) >= 11 is 0. The monoisotopic (exact) mass is 554 g/mol. The van der Waals surface area contributed by atoms with Crippen molar-refractivity contribution in [2.75, 3.05) is 24.5 Å². The van der Waals surface area contributed by atoms with Crippen molar-refractivity contribution in [3.63, 3.8) is 0 Å². The van der Waals surface area contributed by atoms with E-state index >= 15 is 4.39 Å². The van der Waals surface area contributed by atoms with Crippen molar-refractivity contribution < 1.29 is 38.1 Å². The molecule has 2 fully saturated rings. The summed E-state index contributed by atoms with van der Waals surface area (Å²) in [5.74, 6) is -1.01. The maximum atomic E-state index is 15.0. The van der Waals surface area contributed by atoms with E-state index in [-0.39, 0.29) is 44.3 Å². The Bertz CT molecular complexity index is 1320. The van der Waals surface area contributed by atoms with Crippen LogP contribution in [-0.4, -0.2) is 71.9 Å². The Morgan fingerprint density at radius 2 is 1.85 bits per heavy atom. The van der Waals surface area contributed by atoms with Gasteiger partial charge in [0.15, 0.2) is 0 Å². The highest BCUT2D eigenvalue weighted by atomic mass is 19.1. The maximum Gasteiger partial charge on any atom is 0.415 e. The second-order valence-corrected chi connectivity index (χ2v) is 9.76. The van der Waals surface area contributed by atoms with Gasteiger partial charge in [0.05, 0.1) is 37.2 Å². The summed E-state index contributed by atoms with van der Waals surface area (Å²) < 4.78 is 25.3. The SMILES string of the molecule is C=C(C)OC(=O)N1C[C@H](O)C[C@H]1C(=O)NCc1ccc(-c2ccc(N3C[C@H](CNC(C)=O)OC3=O)cc2F)cc1. The molecule has 0 aromatic heterocycles. The minimum Gasteiger partial charge on any atom is -0.442 e. The number of rotatable bonds is 8. The number of β-amino-alcohol motifs (C(OH)–C–C–N with tert-alkyl or cyclic N) is 1. The first kappa shape index (κ1) is 28.6. The van der Waals surface area contributed by atoms with Crippen molar-refractivity contribution in [3.8, 4) is 11.1 Å². The number of hydrogen-bond acceptors (Lipinski definition) is 7. The number of hydrogen-bond donors (Lipinski definition) is 3. The van der Waals surface area contributed by atoms with Gasteiger partial charge in [0.2, 0.25) is 11.8 Å². The van der Waals surface area contributed by atoms with Crippen LogP contribution >= 0.6 is 0 Å². The molecule has 0 aliphatic carbocycles. The Labute approximate surface area is 230 Å². The number of aliphatic hydroxyl groups excluding tert-OH is 1. The number of carbonyl (C=O) groups excluding carboxylic acids is 4. The van der Waals surface area contributed by atoms with E-state index in [4.69, 9.17) is 9.47 Å². The second kappa shape index (κ2) is 12.2. The van der Waals surface area contributed by atoms with Crippen LogP contribution in [0.3, 0.4) is 0 Å². The molecule has 2 heterocycles. The van der Waals surface area contributed by atoms with Crippen molar-refractivity contribution in [1.82, 2.24) is 15.5 Å². The number of allylic oxidation sites excluding steroid dienone is 1. The quantitative estimate of drug-likeness (QED) is 0.427. The van der Waals surface area contributed by atoms with Crippen molar-refractivity contribution in [1.29, 1.82) is 0 Å². The molecule has 212 valence electrons. The first-order chi connectivity index (χ1) is 19.0. The molecule has 4 rings (SSSR count). The van der Waals surface area contributed by atoms with E-state index in [1.54, 1.807) is 36.4 Å². The number of anilines is 1. The minimum atomic E-state index is -0.873. The molecule has 0 spiro atoms. The summed E-state index contributed by atoms with van der Waals surface area (Å²) in [6, 6.07) is 10.5. The van der Waals surface area contributed by atoms with E-state index < -0.39 is 42.2 Å². The number of carbonyl (C=O) groups is 4. The molecule has 3 N–H and O–H groups in total. The first-order valence-electron chi connectivity index (χ1n) is 12.7. The first-order valence-corrected chi connectivity index (χ1v) is 12.7. The Morgan fingerprint density at radius 3 is 2.50 bits per heavy atom. The van der Waals surface area contributed by atoms with Gasteiger partial charge in [0.25, 0.3) is 0 Å².